The van der Waals surface area contributed by atoms with E-state index in [1.54, 1.807) is 18.3 Å². The maximum Gasteiger partial charge on any atom is 0.191 e. The molecule has 0 saturated carbocycles. The highest BCUT2D eigenvalue weighted by atomic mass is 32.1. The summed E-state index contributed by atoms with van der Waals surface area (Å²) in [5, 5.41) is 19.1. The van der Waals surface area contributed by atoms with Crippen LogP contribution in [0.25, 0.3) is 0 Å². The first-order chi connectivity index (χ1) is 12.6. The minimum absolute atomic E-state index is 0.304. The van der Waals surface area contributed by atoms with Gasteiger partial charge in [-0.15, -0.1) is 11.3 Å². The van der Waals surface area contributed by atoms with Gasteiger partial charge in [0.05, 0.1) is 13.2 Å². The number of hydrogen-bond acceptors (Lipinski definition) is 4. The second-order valence-electron chi connectivity index (χ2n) is 6.16. The van der Waals surface area contributed by atoms with Gasteiger partial charge < -0.3 is 20.5 Å². The largest absolute Gasteiger partial charge is 0.494 e. The topological polar surface area (TPSA) is 65.9 Å². The van der Waals surface area contributed by atoms with Gasteiger partial charge in [0.1, 0.15) is 11.4 Å². The molecule has 1 aromatic heterocycles. The summed E-state index contributed by atoms with van der Waals surface area (Å²) in [4.78, 5) is 5.47. The van der Waals surface area contributed by atoms with Gasteiger partial charge in [-0.05, 0) is 50.3 Å². The predicted octanol–water partition coefficient (Wildman–Crippen LogP) is 3.15. The van der Waals surface area contributed by atoms with Crippen LogP contribution in [0.2, 0.25) is 0 Å². The molecule has 2 aromatic rings. The number of guanidine groups is 1. The van der Waals surface area contributed by atoms with E-state index in [1.807, 2.05) is 49.6 Å². The minimum Gasteiger partial charge on any atom is -0.494 e. The molecular formula is C20H29N3O2S. The predicted molar refractivity (Wildman–Crippen MR) is 109 cm³/mol. The number of aliphatic imine (C=N–C) groups is 1. The summed E-state index contributed by atoms with van der Waals surface area (Å²) in [5.41, 5.74) is 0.209. The van der Waals surface area contributed by atoms with Gasteiger partial charge in [-0.1, -0.05) is 24.3 Å². The van der Waals surface area contributed by atoms with Crippen molar-refractivity contribution in [2.24, 2.45) is 4.99 Å². The van der Waals surface area contributed by atoms with Crippen molar-refractivity contribution in [2.45, 2.75) is 32.8 Å². The SMILES string of the molecule is CCNC(=NCC(C)(O)c1cccs1)NCCc1ccccc1OCC. The van der Waals surface area contributed by atoms with Gasteiger partial charge in [-0.2, -0.15) is 0 Å². The average molecular weight is 376 g/mol. The first-order valence-corrected chi connectivity index (χ1v) is 9.94. The minimum atomic E-state index is -0.960. The van der Waals surface area contributed by atoms with E-state index >= 15 is 0 Å². The normalized spacial score (nSPS) is 13.9. The highest BCUT2D eigenvalue weighted by molar-refractivity contribution is 7.10. The molecule has 1 aromatic carbocycles. The zero-order valence-corrected chi connectivity index (χ0v) is 16.6. The third-order valence-electron chi connectivity index (χ3n) is 3.90. The second-order valence-corrected chi connectivity index (χ2v) is 7.11. The van der Waals surface area contributed by atoms with Crippen molar-refractivity contribution in [1.82, 2.24) is 10.6 Å². The summed E-state index contributed by atoms with van der Waals surface area (Å²) in [6.45, 7) is 8.28. The molecule has 6 heteroatoms. The van der Waals surface area contributed by atoms with E-state index in [2.05, 4.69) is 21.7 Å². The number of rotatable bonds is 9. The van der Waals surface area contributed by atoms with Crippen LogP contribution in [0, 0.1) is 0 Å². The molecule has 0 amide bonds. The second kappa shape index (κ2) is 10.2. The van der Waals surface area contributed by atoms with Crippen LogP contribution in [0.3, 0.4) is 0 Å². The van der Waals surface area contributed by atoms with Crippen molar-refractivity contribution < 1.29 is 9.84 Å². The smallest absolute Gasteiger partial charge is 0.191 e. The van der Waals surface area contributed by atoms with Crippen LogP contribution in [-0.2, 0) is 12.0 Å². The summed E-state index contributed by atoms with van der Waals surface area (Å²) >= 11 is 1.54. The molecule has 1 atom stereocenters. The zero-order chi connectivity index (χ0) is 18.8. The van der Waals surface area contributed by atoms with E-state index < -0.39 is 5.60 Å². The van der Waals surface area contributed by atoms with Crippen LogP contribution >= 0.6 is 11.3 Å². The summed E-state index contributed by atoms with van der Waals surface area (Å²) in [6.07, 6.45) is 0.835. The number of benzene rings is 1. The van der Waals surface area contributed by atoms with Crippen molar-refractivity contribution in [3.63, 3.8) is 0 Å². The molecule has 0 aliphatic heterocycles. The molecule has 0 saturated heterocycles. The van der Waals surface area contributed by atoms with Gasteiger partial charge in [0.2, 0.25) is 0 Å². The summed E-state index contributed by atoms with van der Waals surface area (Å²) in [7, 11) is 0. The Morgan fingerprint density at radius 3 is 2.69 bits per heavy atom. The number of nitrogens with zero attached hydrogens (tertiary/aromatic N) is 1. The number of thiophene rings is 1. The van der Waals surface area contributed by atoms with Crippen molar-refractivity contribution in [3.05, 3.63) is 52.2 Å². The van der Waals surface area contributed by atoms with Gasteiger partial charge in [0, 0.05) is 18.0 Å². The maximum absolute atomic E-state index is 10.6. The molecule has 0 aliphatic rings. The van der Waals surface area contributed by atoms with Crippen LogP contribution in [0.4, 0.5) is 0 Å². The third-order valence-corrected chi connectivity index (χ3v) is 5.02. The Hall–Kier alpha value is -2.05. The molecule has 0 spiro atoms. The Labute approximate surface area is 160 Å². The summed E-state index contributed by atoms with van der Waals surface area (Å²) in [6, 6.07) is 12.0. The van der Waals surface area contributed by atoms with Gasteiger partial charge in [-0.3, -0.25) is 0 Å². The zero-order valence-electron chi connectivity index (χ0n) is 15.8. The quantitative estimate of drug-likeness (QED) is 0.465. The van der Waals surface area contributed by atoms with Crippen molar-refractivity contribution in [2.75, 3.05) is 26.2 Å². The first-order valence-electron chi connectivity index (χ1n) is 9.06. The maximum atomic E-state index is 10.6. The highest BCUT2D eigenvalue weighted by Gasteiger charge is 2.23. The third kappa shape index (κ3) is 6.04. The number of nitrogens with one attached hydrogen (secondary N) is 2. The fourth-order valence-corrected chi connectivity index (χ4v) is 3.34. The lowest BCUT2D eigenvalue weighted by Gasteiger charge is -2.20. The molecule has 2 rings (SSSR count). The Morgan fingerprint density at radius 2 is 2.00 bits per heavy atom. The van der Waals surface area contributed by atoms with Gasteiger partial charge in [-0.25, -0.2) is 4.99 Å². The lowest BCUT2D eigenvalue weighted by atomic mass is 10.1. The van der Waals surface area contributed by atoms with E-state index in [-0.39, 0.29) is 0 Å². The van der Waals surface area contributed by atoms with Crippen molar-refractivity contribution >= 4 is 17.3 Å². The lowest BCUT2D eigenvalue weighted by molar-refractivity contribution is 0.0711. The van der Waals surface area contributed by atoms with Crippen molar-refractivity contribution in [3.8, 4) is 5.75 Å². The molecule has 26 heavy (non-hydrogen) atoms. The lowest BCUT2D eigenvalue weighted by Crippen LogP contribution is -2.39. The Kier molecular flexibility index (Phi) is 7.94. The summed E-state index contributed by atoms with van der Waals surface area (Å²) < 4.78 is 5.67. The monoisotopic (exact) mass is 375 g/mol. The van der Waals surface area contributed by atoms with Gasteiger partial charge >= 0.3 is 0 Å². The van der Waals surface area contributed by atoms with Crippen molar-refractivity contribution in [1.29, 1.82) is 0 Å². The van der Waals surface area contributed by atoms with Crippen LogP contribution in [0.15, 0.2) is 46.8 Å². The van der Waals surface area contributed by atoms with E-state index in [4.69, 9.17) is 4.74 Å². The van der Waals surface area contributed by atoms with Gasteiger partial charge in [0.15, 0.2) is 5.96 Å². The van der Waals surface area contributed by atoms with E-state index in [1.165, 1.54) is 5.56 Å². The van der Waals surface area contributed by atoms with Crippen LogP contribution in [-0.4, -0.2) is 37.3 Å². The summed E-state index contributed by atoms with van der Waals surface area (Å²) in [5.74, 6) is 1.64. The van der Waals surface area contributed by atoms with E-state index in [0.717, 1.165) is 30.1 Å². The van der Waals surface area contributed by atoms with Crippen LogP contribution < -0.4 is 15.4 Å². The number of ether oxygens (including phenoxy) is 1. The Bertz CT molecular complexity index is 684. The Balaban J connectivity index is 1.94. The molecule has 142 valence electrons. The molecule has 1 heterocycles. The highest BCUT2D eigenvalue weighted by Crippen LogP contribution is 2.25. The average Bonchev–Trinajstić information content (AvgIpc) is 3.17. The fraction of sp³-hybridized carbons (Fsp3) is 0.450. The van der Waals surface area contributed by atoms with Gasteiger partial charge in [0.25, 0.3) is 0 Å². The molecule has 0 bridgehead atoms. The van der Waals surface area contributed by atoms with Crippen LogP contribution in [0.1, 0.15) is 31.2 Å². The number of aliphatic hydroxyl groups is 1. The molecule has 0 radical (unpaired) electrons. The van der Waals surface area contributed by atoms with E-state index in [0.29, 0.717) is 19.1 Å². The molecule has 0 aliphatic carbocycles. The Morgan fingerprint density at radius 1 is 1.19 bits per heavy atom. The standard InChI is InChI=1S/C20H29N3O2S/c1-4-21-19(23-15-20(3,24)18-11-8-14-26-18)22-13-12-16-9-6-7-10-17(16)25-5-2/h6-11,14,24H,4-5,12-13,15H2,1-3H3,(H2,21,22,23). The molecular weight excluding hydrogens is 346 g/mol. The molecule has 5 nitrogen and oxygen atoms in total. The number of para-hydroxylation sites is 1. The van der Waals surface area contributed by atoms with E-state index in [9.17, 15) is 5.11 Å². The first kappa shape index (κ1) is 20.3. The molecule has 0 fully saturated rings. The fourth-order valence-electron chi connectivity index (χ4n) is 2.56. The van der Waals surface area contributed by atoms with Crippen LogP contribution in [0.5, 0.6) is 5.75 Å². The molecule has 1 unspecified atom stereocenters. The number of hydrogen-bond donors (Lipinski definition) is 3. The molecule has 3 N–H and O–H groups in total.